The average molecular weight is 317 g/mol. The summed E-state index contributed by atoms with van der Waals surface area (Å²) in [6.45, 7) is 1.95. The minimum atomic E-state index is -1.10. The molecular formula is C17H19NO5. The van der Waals surface area contributed by atoms with Crippen molar-refractivity contribution in [3.8, 4) is 17.2 Å². The maximum atomic E-state index is 11.6. The molecule has 0 bridgehead atoms. The molecule has 0 aromatic heterocycles. The smallest absolute Gasteiger partial charge is 0.338 e. The molecule has 6 nitrogen and oxygen atoms in total. The third-order valence-electron chi connectivity index (χ3n) is 3.35. The summed E-state index contributed by atoms with van der Waals surface area (Å²) in [4.78, 5) is 11.6. The Bertz CT molecular complexity index is 727. The number of rotatable bonds is 6. The van der Waals surface area contributed by atoms with Crippen molar-refractivity contribution in [2.45, 2.75) is 6.92 Å². The second kappa shape index (κ2) is 6.91. The lowest BCUT2D eigenvalue weighted by atomic mass is 10.1. The van der Waals surface area contributed by atoms with Crippen molar-refractivity contribution in [1.29, 1.82) is 0 Å². The van der Waals surface area contributed by atoms with Gasteiger partial charge in [-0.2, -0.15) is 0 Å². The van der Waals surface area contributed by atoms with Gasteiger partial charge in [0, 0.05) is 11.8 Å². The van der Waals surface area contributed by atoms with Crippen LogP contribution in [0.5, 0.6) is 17.2 Å². The van der Waals surface area contributed by atoms with Crippen LogP contribution in [0.25, 0.3) is 0 Å². The SMILES string of the molecule is COc1cc(C(=O)O)c(Nc2cccc(C)c2)c(OC)c1OC. The highest BCUT2D eigenvalue weighted by Gasteiger charge is 2.24. The van der Waals surface area contributed by atoms with E-state index in [0.29, 0.717) is 11.4 Å². The number of carboxylic acids is 1. The molecule has 0 aliphatic rings. The number of aromatic carboxylic acids is 1. The van der Waals surface area contributed by atoms with Gasteiger partial charge in [0.15, 0.2) is 11.5 Å². The topological polar surface area (TPSA) is 77.0 Å². The highest BCUT2D eigenvalue weighted by molar-refractivity contribution is 5.99. The second-order valence-corrected chi connectivity index (χ2v) is 4.87. The van der Waals surface area contributed by atoms with Gasteiger partial charge >= 0.3 is 5.97 Å². The Morgan fingerprint density at radius 1 is 1.04 bits per heavy atom. The number of aryl methyl sites for hydroxylation is 1. The quantitative estimate of drug-likeness (QED) is 0.849. The van der Waals surface area contributed by atoms with E-state index >= 15 is 0 Å². The maximum Gasteiger partial charge on any atom is 0.338 e. The predicted octanol–water partition coefficient (Wildman–Crippen LogP) is 3.46. The van der Waals surface area contributed by atoms with E-state index in [1.807, 2.05) is 31.2 Å². The van der Waals surface area contributed by atoms with Gasteiger partial charge in [-0.15, -0.1) is 0 Å². The summed E-state index contributed by atoms with van der Waals surface area (Å²) in [5, 5.41) is 12.6. The Balaban J connectivity index is 2.65. The van der Waals surface area contributed by atoms with Crippen molar-refractivity contribution in [1.82, 2.24) is 0 Å². The fourth-order valence-electron chi connectivity index (χ4n) is 2.32. The molecule has 0 saturated heterocycles. The lowest BCUT2D eigenvalue weighted by Crippen LogP contribution is -2.07. The first-order chi connectivity index (χ1) is 11.0. The van der Waals surface area contributed by atoms with Crippen LogP contribution in [-0.4, -0.2) is 32.4 Å². The van der Waals surface area contributed by atoms with Gasteiger partial charge in [-0.05, 0) is 24.6 Å². The van der Waals surface area contributed by atoms with E-state index in [1.165, 1.54) is 27.4 Å². The Hall–Kier alpha value is -2.89. The summed E-state index contributed by atoms with van der Waals surface area (Å²) in [6, 6.07) is 8.98. The summed E-state index contributed by atoms with van der Waals surface area (Å²) < 4.78 is 15.9. The van der Waals surface area contributed by atoms with Crippen LogP contribution < -0.4 is 19.5 Å². The average Bonchev–Trinajstić information content (AvgIpc) is 2.53. The van der Waals surface area contributed by atoms with Gasteiger partial charge in [0.2, 0.25) is 5.75 Å². The number of ether oxygens (including phenoxy) is 3. The monoisotopic (exact) mass is 317 g/mol. The normalized spacial score (nSPS) is 10.1. The van der Waals surface area contributed by atoms with Gasteiger partial charge in [-0.25, -0.2) is 4.79 Å². The van der Waals surface area contributed by atoms with Gasteiger partial charge in [-0.3, -0.25) is 0 Å². The lowest BCUT2D eigenvalue weighted by molar-refractivity contribution is 0.0697. The highest BCUT2D eigenvalue weighted by Crippen LogP contribution is 2.46. The number of anilines is 2. The third-order valence-corrected chi connectivity index (χ3v) is 3.35. The summed E-state index contributed by atoms with van der Waals surface area (Å²) in [5.41, 5.74) is 2.13. The molecule has 0 atom stereocenters. The van der Waals surface area contributed by atoms with Crippen molar-refractivity contribution < 1.29 is 24.1 Å². The molecule has 0 aliphatic carbocycles. The molecule has 0 amide bonds. The third kappa shape index (κ3) is 3.31. The van der Waals surface area contributed by atoms with Crippen LogP contribution in [0, 0.1) is 6.92 Å². The van der Waals surface area contributed by atoms with Gasteiger partial charge in [0.25, 0.3) is 0 Å². The van der Waals surface area contributed by atoms with Crippen LogP contribution in [0.15, 0.2) is 30.3 Å². The predicted molar refractivity (Wildman–Crippen MR) is 87.5 cm³/mol. The molecule has 122 valence electrons. The molecule has 2 aromatic rings. The summed E-state index contributed by atoms with van der Waals surface area (Å²) in [5.74, 6) is -0.211. The maximum absolute atomic E-state index is 11.6. The van der Waals surface area contributed by atoms with Crippen LogP contribution in [0.2, 0.25) is 0 Å². The zero-order valence-electron chi connectivity index (χ0n) is 13.5. The molecule has 0 spiro atoms. The van der Waals surface area contributed by atoms with Gasteiger partial charge in [0.1, 0.15) is 5.69 Å². The molecule has 0 saturated carbocycles. The minimum Gasteiger partial charge on any atom is -0.493 e. The number of nitrogens with one attached hydrogen (secondary N) is 1. The van der Waals surface area contributed by atoms with Crippen molar-refractivity contribution in [2.75, 3.05) is 26.6 Å². The summed E-state index contributed by atoms with van der Waals surface area (Å²) in [7, 11) is 4.36. The first-order valence-corrected chi connectivity index (χ1v) is 6.91. The molecule has 2 aromatic carbocycles. The zero-order chi connectivity index (χ0) is 17.0. The lowest BCUT2D eigenvalue weighted by Gasteiger charge is -2.19. The Labute approximate surface area is 134 Å². The van der Waals surface area contributed by atoms with E-state index in [9.17, 15) is 9.90 Å². The van der Waals surface area contributed by atoms with E-state index < -0.39 is 5.97 Å². The number of carbonyl (C=O) groups is 1. The van der Waals surface area contributed by atoms with Crippen LogP contribution in [0.1, 0.15) is 15.9 Å². The van der Waals surface area contributed by atoms with Gasteiger partial charge < -0.3 is 24.6 Å². The molecule has 23 heavy (non-hydrogen) atoms. The molecule has 0 fully saturated rings. The number of hydrogen-bond acceptors (Lipinski definition) is 5. The van der Waals surface area contributed by atoms with E-state index in [1.54, 1.807) is 0 Å². The Kier molecular flexibility index (Phi) is 4.95. The largest absolute Gasteiger partial charge is 0.493 e. The number of hydrogen-bond donors (Lipinski definition) is 2. The zero-order valence-corrected chi connectivity index (χ0v) is 13.5. The molecule has 6 heteroatoms. The summed E-state index contributed by atoms with van der Waals surface area (Å²) >= 11 is 0. The Morgan fingerprint density at radius 2 is 1.74 bits per heavy atom. The fraction of sp³-hybridized carbons (Fsp3) is 0.235. The van der Waals surface area contributed by atoms with E-state index in [-0.39, 0.29) is 17.1 Å². The van der Waals surface area contributed by atoms with E-state index in [2.05, 4.69) is 5.32 Å². The molecular weight excluding hydrogens is 298 g/mol. The first-order valence-electron chi connectivity index (χ1n) is 6.91. The molecule has 2 rings (SSSR count). The van der Waals surface area contributed by atoms with Gasteiger partial charge in [-0.1, -0.05) is 12.1 Å². The summed E-state index contributed by atoms with van der Waals surface area (Å²) in [6.07, 6.45) is 0. The first kappa shape index (κ1) is 16.5. The minimum absolute atomic E-state index is 0.0287. The molecule has 0 aliphatic heterocycles. The molecule has 0 radical (unpaired) electrons. The van der Waals surface area contributed by atoms with Gasteiger partial charge in [0.05, 0.1) is 26.9 Å². The standard InChI is InChI=1S/C17H19NO5/c1-10-6-5-7-11(8-10)18-14-12(17(19)20)9-13(21-2)15(22-3)16(14)23-4/h5-9,18H,1-4H3,(H,19,20). The second-order valence-electron chi connectivity index (χ2n) is 4.87. The Morgan fingerprint density at radius 3 is 2.26 bits per heavy atom. The van der Waals surface area contributed by atoms with E-state index in [0.717, 1.165) is 11.3 Å². The number of benzene rings is 2. The molecule has 2 N–H and O–H groups in total. The number of methoxy groups -OCH3 is 3. The van der Waals surface area contributed by atoms with Crippen LogP contribution in [0.3, 0.4) is 0 Å². The van der Waals surface area contributed by atoms with Crippen molar-refractivity contribution in [3.63, 3.8) is 0 Å². The van der Waals surface area contributed by atoms with Crippen molar-refractivity contribution in [3.05, 3.63) is 41.5 Å². The van der Waals surface area contributed by atoms with Crippen molar-refractivity contribution in [2.24, 2.45) is 0 Å². The van der Waals surface area contributed by atoms with Crippen LogP contribution >= 0.6 is 0 Å². The molecule has 0 unspecified atom stereocenters. The van der Waals surface area contributed by atoms with E-state index in [4.69, 9.17) is 14.2 Å². The van der Waals surface area contributed by atoms with Crippen LogP contribution in [0.4, 0.5) is 11.4 Å². The van der Waals surface area contributed by atoms with Crippen LogP contribution in [-0.2, 0) is 0 Å². The fourth-order valence-corrected chi connectivity index (χ4v) is 2.32. The number of carboxylic acid groups (broad SMARTS) is 1. The molecule has 0 heterocycles. The highest BCUT2D eigenvalue weighted by atomic mass is 16.5. The van der Waals surface area contributed by atoms with Crippen molar-refractivity contribution >= 4 is 17.3 Å².